The van der Waals surface area contributed by atoms with E-state index in [0.717, 1.165) is 24.0 Å². The third kappa shape index (κ3) is 0.834. The zero-order valence-corrected chi connectivity index (χ0v) is 8.00. The van der Waals surface area contributed by atoms with E-state index in [1.54, 1.807) is 0 Å². The summed E-state index contributed by atoms with van der Waals surface area (Å²) in [6, 6.07) is 2.91. The molecule has 3 aliphatic rings. The monoisotopic (exact) mass is 165 g/mol. The van der Waals surface area contributed by atoms with Gasteiger partial charge in [0.05, 0.1) is 0 Å². The molecule has 0 N–H and O–H groups in total. The van der Waals surface area contributed by atoms with Gasteiger partial charge in [0.25, 0.3) is 0 Å². The van der Waals surface area contributed by atoms with Gasteiger partial charge in [0.15, 0.2) is 0 Å². The number of nitrogens with zero attached hydrogens (tertiary/aromatic N) is 1. The highest BCUT2D eigenvalue weighted by Crippen LogP contribution is 2.46. The number of hydrogen-bond donors (Lipinski definition) is 0. The van der Waals surface area contributed by atoms with E-state index < -0.39 is 0 Å². The Labute approximate surface area is 75.1 Å². The average molecular weight is 165 g/mol. The van der Waals surface area contributed by atoms with Crippen molar-refractivity contribution in [1.29, 1.82) is 0 Å². The molecule has 1 aliphatic carbocycles. The van der Waals surface area contributed by atoms with Crippen molar-refractivity contribution in [2.45, 2.75) is 63.6 Å². The predicted octanol–water partition coefficient (Wildman–Crippen LogP) is 2.41. The first-order valence-corrected chi connectivity index (χ1v) is 5.63. The minimum atomic E-state index is 0.906. The standard InChI is InChI=1S/C11H19N/c1-8-5-6-10-7-9-3-2-4-11(9)12(8)10/h8-11H,2-7H2,1H3/t8-,9-,10-,11-/m0/s1. The van der Waals surface area contributed by atoms with Gasteiger partial charge < -0.3 is 0 Å². The van der Waals surface area contributed by atoms with Gasteiger partial charge in [0.2, 0.25) is 0 Å². The first kappa shape index (κ1) is 7.37. The molecule has 0 amide bonds. The number of rotatable bonds is 0. The van der Waals surface area contributed by atoms with E-state index in [-0.39, 0.29) is 0 Å². The maximum Gasteiger partial charge on any atom is 0.0130 e. The van der Waals surface area contributed by atoms with Gasteiger partial charge in [-0.1, -0.05) is 6.42 Å². The Kier molecular flexibility index (Phi) is 1.52. The zero-order chi connectivity index (χ0) is 8.13. The van der Waals surface area contributed by atoms with Crippen molar-refractivity contribution in [2.24, 2.45) is 5.92 Å². The van der Waals surface area contributed by atoms with E-state index in [9.17, 15) is 0 Å². The molecule has 0 bridgehead atoms. The SMILES string of the molecule is C[C@H]1CC[C@H]2C[C@@H]3CCC[C@@H]3N21. The lowest BCUT2D eigenvalue weighted by molar-refractivity contribution is 0.184. The molecule has 4 atom stereocenters. The molecule has 2 heterocycles. The summed E-state index contributed by atoms with van der Waals surface area (Å²) in [6.07, 6.45) is 9.04. The first-order chi connectivity index (χ1) is 5.86. The maximum absolute atomic E-state index is 2.86. The van der Waals surface area contributed by atoms with Crippen molar-refractivity contribution in [3.8, 4) is 0 Å². The van der Waals surface area contributed by atoms with E-state index in [1.807, 2.05) is 0 Å². The van der Waals surface area contributed by atoms with E-state index in [0.29, 0.717) is 0 Å². The van der Waals surface area contributed by atoms with E-state index >= 15 is 0 Å². The molecule has 3 rings (SSSR count). The molecule has 0 aromatic heterocycles. The molecule has 1 heteroatoms. The highest BCUT2D eigenvalue weighted by atomic mass is 15.3. The summed E-state index contributed by atoms with van der Waals surface area (Å²) < 4.78 is 0. The maximum atomic E-state index is 2.86. The summed E-state index contributed by atoms with van der Waals surface area (Å²) in [4.78, 5) is 2.86. The smallest absolute Gasteiger partial charge is 0.0130 e. The average Bonchev–Trinajstić information content (AvgIpc) is 2.61. The minimum absolute atomic E-state index is 0.906. The third-order valence-corrected chi connectivity index (χ3v) is 4.42. The van der Waals surface area contributed by atoms with Crippen LogP contribution in [0.25, 0.3) is 0 Å². The van der Waals surface area contributed by atoms with Crippen molar-refractivity contribution in [2.75, 3.05) is 0 Å². The molecule has 0 unspecified atom stereocenters. The Morgan fingerprint density at radius 1 is 1.08 bits per heavy atom. The summed E-state index contributed by atoms with van der Waals surface area (Å²) in [5, 5.41) is 0. The molecule has 0 radical (unpaired) electrons. The number of fused-ring (bicyclic) bond motifs is 3. The fourth-order valence-electron chi connectivity index (χ4n) is 3.96. The van der Waals surface area contributed by atoms with Crippen LogP contribution in [0.1, 0.15) is 45.4 Å². The highest BCUT2D eigenvalue weighted by Gasteiger charge is 2.47. The lowest BCUT2D eigenvalue weighted by atomic mass is 9.99. The van der Waals surface area contributed by atoms with Crippen LogP contribution in [0, 0.1) is 5.92 Å². The van der Waals surface area contributed by atoms with Crippen molar-refractivity contribution in [3.63, 3.8) is 0 Å². The second kappa shape index (κ2) is 2.47. The molecule has 0 spiro atoms. The molecule has 0 aromatic carbocycles. The lowest BCUT2D eigenvalue weighted by Crippen LogP contribution is -2.36. The molecular formula is C11H19N. The highest BCUT2D eigenvalue weighted by molar-refractivity contribution is 5.02. The molecule has 3 fully saturated rings. The second-order valence-corrected chi connectivity index (χ2v) is 5.02. The molecule has 1 saturated carbocycles. The molecule has 68 valence electrons. The normalized spacial score (nSPS) is 52.8. The van der Waals surface area contributed by atoms with Crippen LogP contribution >= 0.6 is 0 Å². The van der Waals surface area contributed by atoms with Gasteiger partial charge in [-0.3, -0.25) is 4.90 Å². The molecule has 2 saturated heterocycles. The molecular weight excluding hydrogens is 146 g/mol. The topological polar surface area (TPSA) is 3.24 Å². The Morgan fingerprint density at radius 2 is 2.00 bits per heavy atom. The van der Waals surface area contributed by atoms with E-state index in [2.05, 4.69) is 11.8 Å². The van der Waals surface area contributed by atoms with Crippen LogP contribution in [0.4, 0.5) is 0 Å². The van der Waals surface area contributed by atoms with Crippen molar-refractivity contribution in [1.82, 2.24) is 4.90 Å². The Balaban J connectivity index is 1.85. The predicted molar refractivity (Wildman–Crippen MR) is 50.1 cm³/mol. The van der Waals surface area contributed by atoms with Gasteiger partial charge in [-0.15, -0.1) is 0 Å². The van der Waals surface area contributed by atoms with Gasteiger partial charge >= 0.3 is 0 Å². The summed E-state index contributed by atoms with van der Waals surface area (Å²) >= 11 is 0. The Hall–Kier alpha value is -0.0400. The molecule has 1 nitrogen and oxygen atoms in total. The second-order valence-electron chi connectivity index (χ2n) is 5.02. The van der Waals surface area contributed by atoms with Crippen LogP contribution in [0.2, 0.25) is 0 Å². The summed E-state index contributed by atoms with van der Waals surface area (Å²) in [6.45, 7) is 2.43. The van der Waals surface area contributed by atoms with Gasteiger partial charge in [0.1, 0.15) is 0 Å². The van der Waals surface area contributed by atoms with E-state index in [4.69, 9.17) is 0 Å². The molecule has 2 aliphatic heterocycles. The van der Waals surface area contributed by atoms with Crippen LogP contribution in [0.5, 0.6) is 0 Å². The van der Waals surface area contributed by atoms with Crippen molar-refractivity contribution < 1.29 is 0 Å². The minimum Gasteiger partial charge on any atom is -0.294 e. The van der Waals surface area contributed by atoms with Crippen LogP contribution < -0.4 is 0 Å². The summed E-state index contributed by atoms with van der Waals surface area (Å²) in [7, 11) is 0. The fraction of sp³-hybridized carbons (Fsp3) is 1.00. The van der Waals surface area contributed by atoms with Crippen LogP contribution in [0.3, 0.4) is 0 Å². The third-order valence-electron chi connectivity index (χ3n) is 4.42. The summed E-state index contributed by atoms with van der Waals surface area (Å²) in [5.41, 5.74) is 0. The first-order valence-electron chi connectivity index (χ1n) is 5.63. The van der Waals surface area contributed by atoms with Crippen LogP contribution in [0.15, 0.2) is 0 Å². The van der Waals surface area contributed by atoms with Gasteiger partial charge in [-0.05, 0) is 44.9 Å². The lowest BCUT2D eigenvalue weighted by Gasteiger charge is -2.27. The van der Waals surface area contributed by atoms with E-state index in [1.165, 1.54) is 38.5 Å². The van der Waals surface area contributed by atoms with Gasteiger partial charge in [-0.2, -0.15) is 0 Å². The van der Waals surface area contributed by atoms with Crippen molar-refractivity contribution >= 4 is 0 Å². The Bertz CT molecular complexity index is 189. The zero-order valence-electron chi connectivity index (χ0n) is 8.00. The largest absolute Gasteiger partial charge is 0.294 e. The van der Waals surface area contributed by atoms with Gasteiger partial charge in [-0.25, -0.2) is 0 Å². The van der Waals surface area contributed by atoms with Gasteiger partial charge in [0, 0.05) is 18.1 Å². The van der Waals surface area contributed by atoms with Crippen LogP contribution in [-0.4, -0.2) is 23.0 Å². The van der Waals surface area contributed by atoms with Crippen molar-refractivity contribution in [3.05, 3.63) is 0 Å². The van der Waals surface area contributed by atoms with Crippen LogP contribution in [-0.2, 0) is 0 Å². The molecule has 0 aromatic rings. The molecule has 12 heavy (non-hydrogen) atoms. The quantitative estimate of drug-likeness (QED) is 0.533. The summed E-state index contributed by atoms with van der Waals surface area (Å²) in [5.74, 6) is 1.10. The fourth-order valence-corrected chi connectivity index (χ4v) is 3.96. The Morgan fingerprint density at radius 3 is 2.92 bits per heavy atom. The number of hydrogen-bond acceptors (Lipinski definition) is 1.